The van der Waals surface area contributed by atoms with Gasteiger partial charge in [-0.05, 0) is 45.0 Å². The quantitative estimate of drug-likeness (QED) is 0.866. The number of rotatable bonds is 6. The molecule has 112 valence electrons. The molecule has 1 aromatic heterocycles. The zero-order valence-corrected chi connectivity index (χ0v) is 12.4. The number of amides is 1. The lowest BCUT2D eigenvalue weighted by atomic mass is 10.1. The van der Waals surface area contributed by atoms with E-state index < -0.39 is 0 Å². The molecule has 1 saturated heterocycles. The van der Waals surface area contributed by atoms with Crippen LogP contribution < -0.4 is 5.32 Å². The third kappa shape index (κ3) is 4.35. The second kappa shape index (κ2) is 7.45. The summed E-state index contributed by atoms with van der Waals surface area (Å²) in [6.07, 6.45) is 3.85. The van der Waals surface area contributed by atoms with Gasteiger partial charge in [0.15, 0.2) is 5.76 Å². The van der Waals surface area contributed by atoms with Gasteiger partial charge in [-0.15, -0.1) is 0 Å². The maximum absolute atomic E-state index is 12.1. The number of nitrogens with zero attached hydrogens (tertiary/aromatic N) is 1. The number of methoxy groups -OCH3 is 1. The number of ether oxygens (including phenoxy) is 1. The summed E-state index contributed by atoms with van der Waals surface area (Å²) >= 11 is 0. The SMILES string of the molecule is COCc1ccc(C(=O)NC(C)CN2CCCCC2)o1. The number of nitrogens with one attached hydrogen (secondary N) is 1. The first kappa shape index (κ1) is 15.1. The van der Waals surface area contributed by atoms with Gasteiger partial charge in [0.1, 0.15) is 12.4 Å². The first-order valence-corrected chi connectivity index (χ1v) is 7.30. The Labute approximate surface area is 120 Å². The molecule has 1 aliphatic rings. The highest BCUT2D eigenvalue weighted by atomic mass is 16.5. The van der Waals surface area contributed by atoms with Crippen LogP contribution in [0.5, 0.6) is 0 Å². The second-order valence-electron chi connectivity index (χ2n) is 5.43. The molecule has 0 bridgehead atoms. The molecule has 1 fully saturated rings. The van der Waals surface area contributed by atoms with Crippen LogP contribution in [0.2, 0.25) is 0 Å². The fourth-order valence-corrected chi connectivity index (χ4v) is 2.59. The maximum atomic E-state index is 12.1. The molecule has 1 amide bonds. The molecule has 0 aromatic carbocycles. The van der Waals surface area contributed by atoms with E-state index in [4.69, 9.17) is 9.15 Å². The fourth-order valence-electron chi connectivity index (χ4n) is 2.59. The van der Waals surface area contributed by atoms with Gasteiger partial charge in [-0.3, -0.25) is 4.79 Å². The minimum absolute atomic E-state index is 0.122. The third-order valence-electron chi connectivity index (χ3n) is 3.53. The Morgan fingerprint density at radius 2 is 2.15 bits per heavy atom. The summed E-state index contributed by atoms with van der Waals surface area (Å²) in [7, 11) is 1.60. The minimum Gasteiger partial charge on any atom is -0.453 e. The lowest BCUT2D eigenvalue weighted by Gasteiger charge is -2.29. The van der Waals surface area contributed by atoms with Crippen molar-refractivity contribution in [3.05, 3.63) is 23.7 Å². The van der Waals surface area contributed by atoms with Crippen molar-refractivity contribution in [3.63, 3.8) is 0 Å². The molecule has 2 heterocycles. The molecule has 1 aliphatic heterocycles. The van der Waals surface area contributed by atoms with Gasteiger partial charge >= 0.3 is 0 Å². The van der Waals surface area contributed by atoms with E-state index in [-0.39, 0.29) is 11.9 Å². The zero-order chi connectivity index (χ0) is 14.4. The van der Waals surface area contributed by atoms with Gasteiger partial charge in [0.25, 0.3) is 5.91 Å². The minimum atomic E-state index is -0.156. The van der Waals surface area contributed by atoms with Crippen molar-refractivity contribution in [1.82, 2.24) is 10.2 Å². The van der Waals surface area contributed by atoms with Crippen molar-refractivity contribution in [2.24, 2.45) is 0 Å². The molecular formula is C15H24N2O3. The topological polar surface area (TPSA) is 54.7 Å². The molecule has 5 heteroatoms. The van der Waals surface area contributed by atoms with Gasteiger partial charge in [0, 0.05) is 19.7 Å². The van der Waals surface area contributed by atoms with Crippen molar-refractivity contribution in [3.8, 4) is 0 Å². The Morgan fingerprint density at radius 1 is 1.40 bits per heavy atom. The smallest absolute Gasteiger partial charge is 0.287 e. The number of furan rings is 1. The van der Waals surface area contributed by atoms with Gasteiger partial charge in [-0.1, -0.05) is 6.42 Å². The Morgan fingerprint density at radius 3 is 2.85 bits per heavy atom. The molecule has 5 nitrogen and oxygen atoms in total. The van der Waals surface area contributed by atoms with Crippen LogP contribution in [0.3, 0.4) is 0 Å². The normalized spacial score (nSPS) is 17.9. The summed E-state index contributed by atoms with van der Waals surface area (Å²) in [5.41, 5.74) is 0. The summed E-state index contributed by atoms with van der Waals surface area (Å²) in [5, 5.41) is 2.98. The molecule has 0 saturated carbocycles. The van der Waals surface area contributed by atoms with Gasteiger partial charge < -0.3 is 19.4 Å². The van der Waals surface area contributed by atoms with Gasteiger partial charge in [-0.2, -0.15) is 0 Å². The van der Waals surface area contributed by atoms with E-state index in [1.54, 1.807) is 19.2 Å². The van der Waals surface area contributed by atoms with Crippen LogP contribution >= 0.6 is 0 Å². The summed E-state index contributed by atoms with van der Waals surface area (Å²) < 4.78 is 10.4. The van der Waals surface area contributed by atoms with Crippen molar-refractivity contribution < 1.29 is 13.9 Å². The van der Waals surface area contributed by atoms with E-state index in [1.807, 2.05) is 6.92 Å². The number of hydrogen-bond acceptors (Lipinski definition) is 4. The highest BCUT2D eigenvalue weighted by molar-refractivity contribution is 5.91. The van der Waals surface area contributed by atoms with Crippen LogP contribution in [0.4, 0.5) is 0 Å². The van der Waals surface area contributed by atoms with Crippen molar-refractivity contribution in [2.45, 2.75) is 38.8 Å². The standard InChI is InChI=1S/C15H24N2O3/c1-12(10-17-8-4-3-5-9-17)16-15(18)14-7-6-13(20-14)11-19-2/h6-7,12H,3-5,8-11H2,1-2H3,(H,16,18). The van der Waals surface area contributed by atoms with Crippen molar-refractivity contribution >= 4 is 5.91 Å². The molecule has 2 rings (SSSR count). The van der Waals surface area contributed by atoms with E-state index in [9.17, 15) is 4.79 Å². The molecule has 1 N–H and O–H groups in total. The maximum Gasteiger partial charge on any atom is 0.287 e. The Kier molecular flexibility index (Phi) is 5.61. The third-order valence-corrected chi connectivity index (χ3v) is 3.53. The fraction of sp³-hybridized carbons (Fsp3) is 0.667. The van der Waals surface area contributed by atoms with Crippen LogP contribution in [0, 0.1) is 0 Å². The predicted molar refractivity (Wildman–Crippen MR) is 76.6 cm³/mol. The predicted octanol–water partition coefficient (Wildman–Crippen LogP) is 2.03. The second-order valence-corrected chi connectivity index (χ2v) is 5.43. The highest BCUT2D eigenvalue weighted by Gasteiger charge is 2.17. The Balaban J connectivity index is 1.80. The van der Waals surface area contributed by atoms with Crippen LogP contribution in [-0.2, 0) is 11.3 Å². The number of hydrogen-bond donors (Lipinski definition) is 1. The summed E-state index contributed by atoms with van der Waals surface area (Å²) in [6, 6.07) is 3.59. The Hall–Kier alpha value is -1.33. The molecule has 0 aliphatic carbocycles. The molecule has 1 unspecified atom stereocenters. The van der Waals surface area contributed by atoms with E-state index in [0.29, 0.717) is 18.1 Å². The molecule has 1 aromatic rings. The van der Waals surface area contributed by atoms with E-state index in [1.165, 1.54) is 19.3 Å². The number of carbonyl (C=O) groups excluding carboxylic acids is 1. The molecule has 0 spiro atoms. The lowest BCUT2D eigenvalue weighted by molar-refractivity contribution is 0.0889. The molecular weight excluding hydrogens is 256 g/mol. The molecule has 1 atom stereocenters. The first-order chi connectivity index (χ1) is 9.69. The summed E-state index contributed by atoms with van der Waals surface area (Å²) in [4.78, 5) is 14.5. The van der Waals surface area contributed by atoms with E-state index >= 15 is 0 Å². The number of carbonyl (C=O) groups is 1. The monoisotopic (exact) mass is 280 g/mol. The summed E-state index contributed by atoms with van der Waals surface area (Å²) in [5.74, 6) is 0.862. The number of likely N-dealkylation sites (tertiary alicyclic amines) is 1. The average Bonchev–Trinajstić information content (AvgIpc) is 2.89. The number of piperidine rings is 1. The molecule has 20 heavy (non-hydrogen) atoms. The molecule has 0 radical (unpaired) electrons. The Bertz CT molecular complexity index is 425. The van der Waals surface area contributed by atoms with Gasteiger partial charge in [0.05, 0.1) is 0 Å². The van der Waals surface area contributed by atoms with Crippen LogP contribution in [0.15, 0.2) is 16.5 Å². The highest BCUT2D eigenvalue weighted by Crippen LogP contribution is 2.11. The van der Waals surface area contributed by atoms with Crippen molar-refractivity contribution in [2.75, 3.05) is 26.7 Å². The van der Waals surface area contributed by atoms with Crippen molar-refractivity contribution in [1.29, 1.82) is 0 Å². The van der Waals surface area contributed by atoms with Gasteiger partial charge in [-0.25, -0.2) is 0 Å². The van der Waals surface area contributed by atoms with E-state index in [2.05, 4.69) is 10.2 Å². The van der Waals surface area contributed by atoms with Crippen LogP contribution in [0.25, 0.3) is 0 Å². The van der Waals surface area contributed by atoms with Crippen LogP contribution in [-0.4, -0.2) is 43.6 Å². The lowest BCUT2D eigenvalue weighted by Crippen LogP contribution is -2.43. The van der Waals surface area contributed by atoms with E-state index in [0.717, 1.165) is 19.6 Å². The first-order valence-electron chi connectivity index (χ1n) is 7.30. The van der Waals surface area contributed by atoms with Gasteiger partial charge in [0.2, 0.25) is 0 Å². The largest absolute Gasteiger partial charge is 0.453 e. The average molecular weight is 280 g/mol. The summed E-state index contributed by atoms with van der Waals surface area (Å²) in [6.45, 7) is 5.59. The zero-order valence-electron chi connectivity index (χ0n) is 12.4. The van der Waals surface area contributed by atoms with Crippen LogP contribution in [0.1, 0.15) is 42.5 Å².